The molecule has 11 heteroatoms. The summed E-state index contributed by atoms with van der Waals surface area (Å²) < 4.78 is 46.6. The third-order valence-corrected chi connectivity index (χ3v) is 6.59. The summed E-state index contributed by atoms with van der Waals surface area (Å²) in [6.45, 7) is 3.81. The SMILES string of the molecule is COc1cc2ncnc(Oc3ccc(CC(=O)c4cn(C(C)C)cc(-c5ccc(F)cc5)c4=O)cc3F)c2nc1OC. The molecule has 42 heavy (non-hydrogen) atoms. The fraction of sp³-hybridized carbons (Fsp3) is 0.194. The Labute approximate surface area is 239 Å². The number of hydrogen-bond acceptors (Lipinski definition) is 8. The Balaban J connectivity index is 1.43. The molecule has 5 rings (SSSR count). The van der Waals surface area contributed by atoms with E-state index in [1.807, 2.05) is 13.8 Å². The Kier molecular flexibility index (Phi) is 7.92. The number of halogens is 2. The fourth-order valence-electron chi connectivity index (χ4n) is 4.35. The zero-order valence-electron chi connectivity index (χ0n) is 23.2. The van der Waals surface area contributed by atoms with Crippen molar-refractivity contribution in [2.24, 2.45) is 0 Å². The van der Waals surface area contributed by atoms with Crippen LogP contribution in [0.4, 0.5) is 8.78 Å². The minimum absolute atomic E-state index is 0.00414. The van der Waals surface area contributed by atoms with Crippen molar-refractivity contribution in [3.63, 3.8) is 0 Å². The number of pyridine rings is 2. The molecule has 2 aromatic carbocycles. The molecule has 0 aliphatic heterocycles. The third-order valence-electron chi connectivity index (χ3n) is 6.59. The van der Waals surface area contributed by atoms with Crippen molar-refractivity contribution in [3.05, 3.63) is 100 Å². The number of rotatable bonds is 9. The lowest BCUT2D eigenvalue weighted by Crippen LogP contribution is -2.22. The van der Waals surface area contributed by atoms with E-state index in [0.29, 0.717) is 22.4 Å². The zero-order valence-corrected chi connectivity index (χ0v) is 23.2. The topological polar surface area (TPSA) is 105 Å². The van der Waals surface area contributed by atoms with Crippen LogP contribution in [0.3, 0.4) is 0 Å². The largest absolute Gasteiger partial charge is 0.491 e. The van der Waals surface area contributed by atoms with Crippen molar-refractivity contribution in [1.82, 2.24) is 19.5 Å². The van der Waals surface area contributed by atoms with Crippen LogP contribution >= 0.6 is 0 Å². The van der Waals surface area contributed by atoms with Crippen LogP contribution in [0, 0.1) is 11.6 Å². The minimum atomic E-state index is -0.743. The average molecular weight is 573 g/mol. The zero-order chi connectivity index (χ0) is 30.0. The van der Waals surface area contributed by atoms with Crippen molar-refractivity contribution >= 4 is 16.8 Å². The Morgan fingerprint density at radius 1 is 0.929 bits per heavy atom. The highest BCUT2D eigenvalue weighted by atomic mass is 19.1. The minimum Gasteiger partial charge on any atom is -0.491 e. The number of ketones is 1. The van der Waals surface area contributed by atoms with E-state index in [0.717, 1.165) is 0 Å². The van der Waals surface area contributed by atoms with Crippen molar-refractivity contribution < 1.29 is 27.8 Å². The second-order valence-corrected chi connectivity index (χ2v) is 9.68. The number of benzene rings is 2. The van der Waals surface area contributed by atoms with Crippen LogP contribution in [0.5, 0.6) is 23.3 Å². The molecule has 0 bridgehead atoms. The summed E-state index contributed by atoms with van der Waals surface area (Å²) in [7, 11) is 2.89. The molecule has 0 aliphatic rings. The maximum Gasteiger partial charge on any atom is 0.257 e. The Morgan fingerprint density at radius 2 is 1.69 bits per heavy atom. The molecule has 0 saturated carbocycles. The first-order valence-electron chi connectivity index (χ1n) is 12.9. The lowest BCUT2D eigenvalue weighted by atomic mass is 9.99. The molecule has 5 aromatic rings. The van der Waals surface area contributed by atoms with Crippen LogP contribution in [-0.2, 0) is 6.42 Å². The molecule has 3 heterocycles. The van der Waals surface area contributed by atoms with Gasteiger partial charge in [-0.05, 0) is 49.2 Å². The average Bonchev–Trinajstić information content (AvgIpc) is 2.98. The molecule has 0 radical (unpaired) electrons. The van der Waals surface area contributed by atoms with Crippen LogP contribution in [0.25, 0.3) is 22.2 Å². The summed E-state index contributed by atoms with van der Waals surface area (Å²) in [5, 5.41) is 0. The summed E-state index contributed by atoms with van der Waals surface area (Å²) in [5.41, 5.74) is 1.19. The maximum atomic E-state index is 15.2. The number of carbonyl (C=O) groups excluding carboxylic acids is 1. The number of methoxy groups -OCH3 is 2. The molecular weight excluding hydrogens is 546 g/mol. The Hall–Kier alpha value is -5.19. The van der Waals surface area contributed by atoms with Crippen LogP contribution in [0.2, 0.25) is 0 Å². The molecule has 214 valence electrons. The van der Waals surface area contributed by atoms with E-state index in [1.54, 1.807) is 16.8 Å². The second kappa shape index (κ2) is 11.7. The van der Waals surface area contributed by atoms with Crippen LogP contribution in [0.1, 0.15) is 35.8 Å². The molecule has 0 saturated heterocycles. The number of nitrogens with zero attached hydrogens (tertiary/aromatic N) is 4. The Bertz CT molecular complexity index is 1860. The van der Waals surface area contributed by atoms with Crippen LogP contribution < -0.4 is 19.6 Å². The number of Topliss-reactive ketones (excluding diaryl/α,β-unsaturated/α-hetero) is 1. The van der Waals surface area contributed by atoms with Gasteiger partial charge in [0.25, 0.3) is 5.88 Å². The molecule has 0 aliphatic carbocycles. The molecule has 3 aromatic heterocycles. The number of fused-ring (bicyclic) bond motifs is 1. The fourth-order valence-corrected chi connectivity index (χ4v) is 4.35. The monoisotopic (exact) mass is 572 g/mol. The van der Waals surface area contributed by atoms with Gasteiger partial charge in [0.05, 0.1) is 19.8 Å². The summed E-state index contributed by atoms with van der Waals surface area (Å²) in [6.07, 6.45) is 4.15. The molecule has 0 fully saturated rings. The molecular formula is C31H26F2N4O5. The van der Waals surface area contributed by atoms with Gasteiger partial charge in [-0.2, -0.15) is 4.98 Å². The number of ether oxygens (including phenoxy) is 3. The van der Waals surface area contributed by atoms with Crippen molar-refractivity contribution in [2.75, 3.05) is 14.2 Å². The predicted molar refractivity (Wildman–Crippen MR) is 151 cm³/mol. The van der Waals surface area contributed by atoms with Crippen molar-refractivity contribution in [1.29, 1.82) is 0 Å². The van der Waals surface area contributed by atoms with E-state index in [4.69, 9.17) is 14.2 Å². The number of hydrogen-bond donors (Lipinski definition) is 0. The lowest BCUT2D eigenvalue weighted by molar-refractivity contribution is 0.0991. The van der Waals surface area contributed by atoms with E-state index < -0.39 is 22.8 Å². The quantitative estimate of drug-likeness (QED) is 0.200. The molecule has 0 amide bonds. The Morgan fingerprint density at radius 3 is 2.36 bits per heavy atom. The van der Waals surface area contributed by atoms with Gasteiger partial charge in [-0.15, -0.1) is 0 Å². The molecule has 0 N–H and O–H groups in total. The first-order valence-corrected chi connectivity index (χ1v) is 12.9. The highest BCUT2D eigenvalue weighted by Crippen LogP contribution is 2.33. The summed E-state index contributed by atoms with van der Waals surface area (Å²) in [6, 6.07) is 11.1. The first-order chi connectivity index (χ1) is 20.2. The summed E-state index contributed by atoms with van der Waals surface area (Å²) in [5.74, 6) is -1.28. The van der Waals surface area contributed by atoms with E-state index in [2.05, 4.69) is 15.0 Å². The smallest absolute Gasteiger partial charge is 0.257 e. The first kappa shape index (κ1) is 28.3. The van der Waals surface area contributed by atoms with Gasteiger partial charge in [-0.3, -0.25) is 9.59 Å². The summed E-state index contributed by atoms with van der Waals surface area (Å²) in [4.78, 5) is 39.2. The van der Waals surface area contributed by atoms with E-state index in [-0.39, 0.29) is 46.6 Å². The highest BCUT2D eigenvalue weighted by molar-refractivity contribution is 5.98. The van der Waals surface area contributed by atoms with E-state index >= 15 is 4.39 Å². The van der Waals surface area contributed by atoms with Crippen LogP contribution in [0.15, 0.2) is 72.0 Å². The lowest BCUT2D eigenvalue weighted by Gasteiger charge is -2.15. The predicted octanol–water partition coefficient (Wildman–Crippen LogP) is 5.95. The highest BCUT2D eigenvalue weighted by Gasteiger charge is 2.20. The van der Waals surface area contributed by atoms with Gasteiger partial charge in [-0.25, -0.2) is 18.7 Å². The maximum absolute atomic E-state index is 15.2. The van der Waals surface area contributed by atoms with Gasteiger partial charge < -0.3 is 18.8 Å². The van der Waals surface area contributed by atoms with Crippen molar-refractivity contribution in [2.45, 2.75) is 26.3 Å². The summed E-state index contributed by atoms with van der Waals surface area (Å²) >= 11 is 0. The molecule has 9 nitrogen and oxygen atoms in total. The molecule has 0 unspecified atom stereocenters. The molecule has 0 spiro atoms. The van der Waals surface area contributed by atoms with E-state index in [1.165, 1.54) is 69.2 Å². The van der Waals surface area contributed by atoms with Gasteiger partial charge in [0.1, 0.15) is 17.7 Å². The van der Waals surface area contributed by atoms with Gasteiger partial charge in [0.2, 0.25) is 5.88 Å². The second-order valence-electron chi connectivity index (χ2n) is 9.68. The van der Waals surface area contributed by atoms with Gasteiger partial charge in [0.15, 0.2) is 34.0 Å². The van der Waals surface area contributed by atoms with E-state index in [9.17, 15) is 14.0 Å². The third kappa shape index (κ3) is 5.67. The number of aromatic nitrogens is 4. The van der Waals surface area contributed by atoms with Gasteiger partial charge in [-0.1, -0.05) is 18.2 Å². The molecule has 0 atom stereocenters. The van der Waals surface area contributed by atoms with Crippen LogP contribution in [-0.4, -0.2) is 39.5 Å². The van der Waals surface area contributed by atoms with Gasteiger partial charge in [0, 0.05) is 36.5 Å². The normalized spacial score (nSPS) is 11.1. The standard InChI is InChI=1S/C31H26F2N4O5/c1-17(2)37-14-21(19-6-8-20(32)9-7-19)29(39)22(15-37)25(38)12-18-5-10-26(23(33)11-18)42-31-28-24(34-16-35-31)13-27(40-3)30(36-28)41-4/h5-11,13-17H,12H2,1-4H3. The van der Waals surface area contributed by atoms with Crippen molar-refractivity contribution in [3.8, 4) is 34.4 Å². The number of carbonyl (C=O) groups is 1. The van der Waals surface area contributed by atoms with Gasteiger partial charge >= 0.3 is 0 Å².